The fourth-order valence-electron chi connectivity index (χ4n) is 2.15. The maximum Gasteiger partial charge on any atom is 0.130 e. The number of rotatable bonds is 2. The van der Waals surface area contributed by atoms with Gasteiger partial charge in [0.05, 0.1) is 16.6 Å². The van der Waals surface area contributed by atoms with E-state index >= 15 is 0 Å². The average molecular weight is 236 g/mol. The van der Waals surface area contributed by atoms with Gasteiger partial charge in [0.15, 0.2) is 0 Å². The smallest absolute Gasteiger partial charge is 0.130 e. The Morgan fingerprint density at radius 1 is 1.50 bits per heavy atom. The quantitative estimate of drug-likeness (QED) is 0.870. The van der Waals surface area contributed by atoms with Gasteiger partial charge in [-0.25, -0.2) is 4.98 Å². The summed E-state index contributed by atoms with van der Waals surface area (Å²) >= 11 is 6.01. The molecule has 0 atom stereocenters. The first-order chi connectivity index (χ1) is 7.64. The second kappa shape index (κ2) is 3.22. The highest BCUT2D eigenvalue weighted by molar-refractivity contribution is 6.31. The number of aryl methyl sites for hydroxylation is 1. The molecule has 1 aliphatic rings. The van der Waals surface area contributed by atoms with Gasteiger partial charge in [-0.1, -0.05) is 11.6 Å². The van der Waals surface area contributed by atoms with Crippen LogP contribution >= 0.6 is 11.6 Å². The SMILES string of the molecule is CCn1c(C2(N)CC2)nc2ccc(Cl)cc21. The first-order valence-electron chi connectivity index (χ1n) is 5.59. The Bertz CT molecular complexity index is 555. The number of aromatic nitrogens is 2. The van der Waals surface area contributed by atoms with Crippen LogP contribution in [0.25, 0.3) is 11.0 Å². The molecule has 1 aromatic heterocycles. The van der Waals surface area contributed by atoms with Gasteiger partial charge in [0.25, 0.3) is 0 Å². The van der Waals surface area contributed by atoms with Crippen LogP contribution in [-0.2, 0) is 12.1 Å². The van der Waals surface area contributed by atoms with Crippen molar-refractivity contribution in [2.45, 2.75) is 31.8 Å². The van der Waals surface area contributed by atoms with Crippen LogP contribution in [-0.4, -0.2) is 9.55 Å². The molecule has 1 saturated carbocycles. The molecule has 16 heavy (non-hydrogen) atoms. The minimum Gasteiger partial charge on any atom is -0.327 e. The third kappa shape index (κ3) is 1.35. The summed E-state index contributed by atoms with van der Waals surface area (Å²) in [5.74, 6) is 1.01. The highest BCUT2D eigenvalue weighted by Crippen LogP contribution is 2.43. The molecule has 0 spiro atoms. The number of hydrogen-bond donors (Lipinski definition) is 1. The Hall–Kier alpha value is -1.06. The minimum absolute atomic E-state index is 0.193. The van der Waals surface area contributed by atoms with Crippen molar-refractivity contribution < 1.29 is 0 Å². The van der Waals surface area contributed by atoms with Crippen molar-refractivity contribution in [1.82, 2.24) is 9.55 Å². The van der Waals surface area contributed by atoms with Crippen LogP contribution in [0.5, 0.6) is 0 Å². The second-order valence-electron chi connectivity index (χ2n) is 4.47. The van der Waals surface area contributed by atoms with Gasteiger partial charge in [-0.05, 0) is 38.0 Å². The number of hydrogen-bond acceptors (Lipinski definition) is 2. The molecule has 3 rings (SSSR count). The van der Waals surface area contributed by atoms with Gasteiger partial charge in [-0.3, -0.25) is 0 Å². The molecule has 1 aromatic carbocycles. The van der Waals surface area contributed by atoms with Crippen molar-refractivity contribution in [1.29, 1.82) is 0 Å². The molecule has 1 heterocycles. The van der Waals surface area contributed by atoms with Gasteiger partial charge in [-0.2, -0.15) is 0 Å². The first-order valence-corrected chi connectivity index (χ1v) is 5.97. The van der Waals surface area contributed by atoms with E-state index in [2.05, 4.69) is 16.5 Å². The molecule has 0 aliphatic heterocycles. The first kappa shape index (κ1) is 10.1. The van der Waals surface area contributed by atoms with Gasteiger partial charge in [-0.15, -0.1) is 0 Å². The Balaban J connectivity index is 2.29. The number of nitrogens with two attached hydrogens (primary N) is 1. The maximum atomic E-state index is 6.23. The summed E-state index contributed by atoms with van der Waals surface area (Å²) in [5, 5.41) is 0.746. The molecule has 4 heteroatoms. The number of benzene rings is 1. The van der Waals surface area contributed by atoms with Gasteiger partial charge in [0, 0.05) is 11.6 Å². The van der Waals surface area contributed by atoms with Crippen LogP contribution in [0.3, 0.4) is 0 Å². The van der Waals surface area contributed by atoms with Crippen molar-refractivity contribution in [3.63, 3.8) is 0 Å². The van der Waals surface area contributed by atoms with Crippen LogP contribution in [0.2, 0.25) is 5.02 Å². The number of halogens is 1. The highest BCUT2D eigenvalue weighted by atomic mass is 35.5. The fourth-order valence-corrected chi connectivity index (χ4v) is 2.32. The number of imidazole rings is 1. The van der Waals surface area contributed by atoms with E-state index in [1.807, 2.05) is 18.2 Å². The van der Waals surface area contributed by atoms with Crippen LogP contribution in [0.1, 0.15) is 25.6 Å². The van der Waals surface area contributed by atoms with E-state index in [0.717, 1.165) is 41.3 Å². The third-order valence-corrected chi connectivity index (χ3v) is 3.50. The Morgan fingerprint density at radius 3 is 2.88 bits per heavy atom. The predicted molar refractivity (Wildman–Crippen MR) is 65.5 cm³/mol. The normalized spacial score (nSPS) is 17.9. The summed E-state index contributed by atoms with van der Waals surface area (Å²) in [6.07, 6.45) is 2.06. The molecular formula is C12H14ClN3. The summed E-state index contributed by atoms with van der Waals surface area (Å²) in [4.78, 5) is 4.64. The summed E-state index contributed by atoms with van der Waals surface area (Å²) in [5.41, 5.74) is 8.11. The molecule has 1 fully saturated rings. The molecule has 2 N–H and O–H groups in total. The Kier molecular flexibility index (Phi) is 2.03. The van der Waals surface area contributed by atoms with E-state index in [1.54, 1.807) is 0 Å². The minimum atomic E-state index is -0.193. The van der Waals surface area contributed by atoms with Gasteiger partial charge < -0.3 is 10.3 Å². The van der Waals surface area contributed by atoms with Crippen LogP contribution in [0, 0.1) is 0 Å². The van der Waals surface area contributed by atoms with Crippen molar-refractivity contribution in [2.24, 2.45) is 5.73 Å². The summed E-state index contributed by atoms with van der Waals surface area (Å²) < 4.78 is 2.17. The van der Waals surface area contributed by atoms with Crippen molar-refractivity contribution in [2.75, 3.05) is 0 Å². The Morgan fingerprint density at radius 2 is 2.25 bits per heavy atom. The molecule has 1 aliphatic carbocycles. The van der Waals surface area contributed by atoms with E-state index in [1.165, 1.54) is 0 Å². The van der Waals surface area contributed by atoms with E-state index in [-0.39, 0.29) is 5.54 Å². The predicted octanol–water partition coefficient (Wildman–Crippen LogP) is 2.66. The van der Waals surface area contributed by atoms with Gasteiger partial charge in [0.2, 0.25) is 0 Å². The lowest BCUT2D eigenvalue weighted by molar-refractivity contribution is 0.606. The number of nitrogens with zero attached hydrogens (tertiary/aromatic N) is 2. The molecule has 3 nitrogen and oxygen atoms in total. The summed E-state index contributed by atoms with van der Waals surface area (Å²) in [7, 11) is 0. The molecule has 0 saturated heterocycles. The van der Waals surface area contributed by atoms with Crippen molar-refractivity contribution in [3.8, 4) is 0 Å². The van der Waals surface area contributed by atoms with Crippen molar-refractivity contribution >= 4 is 22.6 Å². The molecule has 0 bridgehead atoms. The topological polar surface area (TPSA) is 43.8 Å². The van der Waals surface area contributed by atoms with E-state index < -0.39 is 0 Å². The van der Waals surface area contributed by atoms with Crippen LogP contribution < -0.4 is 5.73 Å². The lowest BCUT2D eigenvalue weighted by Crippen LogP contribution is -2.24. The average Bonchev–Trinajstić information content (AvgIpc) is 2.90. The van der Waals surface area contributed by atoms with Gasteiger partial charge >= 0.3 is 0 Å². The maximum absolute atomic E-state index is 6.23. The van der Waals surface area contributed by atoms with E-state index in [0.29, 0.717) is 0 Å². The standard InChI is InChI=1S/C12H14ClN3/c1-2-16-10-7-8(13)3-4-9(10)15-11(16)12(14)5-6-12/h3-4,7H,2,5-6,14H2,1H3. The molecule has 0 radical (unpaired) electrons. The summed E-state index contributed by atoms with van der Waals surface area (Å²) in [6.45, 7) is 2.99. The molecule has 84 valence electrons. The Labute approximate surface area is 99.2 Å². The van der Waals surface area contributed by atoms with E-state index in [4.69, 9.17) is 17.3 Å². The molecule has 2 aromatic rings. The number of fused-ring (bicyclic) bond motifs is 1. The largest absolute Gasteiger partial charge is 0.327 e. The molecule has 0 unspecified atom stereocenters. The molecule has 0 amide bonds. The lowest BCUT2D eigenvalue weighted by Gasteiger charge is -2.10. The zero-order chi connectivity index (χ0) is 11.3. The van der Waals surface area contributed by atoms with Gasteiger partial charge in [0.1, 0.15) is 5.82 Å². The molecular weight excluding hydrogens is 222 g/mol. The van der Waals surface area contributed by atoms with Crippen molar-refractivity contribution in [3.05, 3.63) is 29.0 Å². The third-order valence-electron chi connectivity index (χ3n) is 3.26. The van der Waals surface area contributed by atoms with E-state index in [9.17, 15) is 0 Å². The summed E-state index contributed by atoms with van der Waals surface area (Å²) in [6, 6.07) is 5.79. The zero-order valence-electron chi connectivity index (χ0n) is 9.20. The van der Waals surface area contributed by atoms with Crippen LogP contribution in [0.15, 0.2) is 18.2 Å². The van der Waals surface area contributed by atoms with Crippen LogP contribution in [0.4, 0.5) is 0 Å². The highest BCUT2D eigenvalue weighted by Gasteiger charge is 2.44. The fraction of sp³-hybridized carbons (Fsp3) is 0.417. The monoisotopic (exact) mass is 235 g/mol. The zero-order valence-corrected chi connectivity index (χ0v) is 9.96. The second-order valence-corrected chi connectivity index (χ2v) is 4.91. The lowest BCUT2D eigenvalue weighted by atomic mass is 10.3.